The maximum absolute atomic E-state index is 12.2. The maximum atomic E-state index is 12.2. The summed E-state index contributed by atoms with van der Waals surface area (Å²) in [7, 11) is 0. The molecule has 0 aromatic rings. The molecule has 0 aromatic carbocycles. The van der Waals surface area contributed by atoms with Gasteiger partial charge in [-0.15, -0.1) is 0 Å². The van der Waals surface area contributed by atoms with Gasteiger partial charge in [0.1, 0.15) is 11.7 Å². The van der Waals surface area contributed by atoms with Crippen molar-refractivity contribution in [3.63, 3.8) is 0 Å². The average Bonchev–Trinajstić information content (AvgIpc) is 2.81. The molecule has 0 radical (unpaired) electrons. The highest BCUT2D eigenvalue weighted by Gasteiger charge is 2.70. The highest BCUT2D eigenvalue weighted by Crippen LogP contribution is 2.61. The van der Waals surface area contributed by atoms with Crippen molar-refractivity contribution in [3.8, 4) is 0 Å². The van der Waals surface area contributed by atoms with Crippen molar-refractivity contribution in [3.05, 3.63) is 0 Å². The van der Waals surface area contributed by atoms with Gasteiger partial charge in [-0.2, -0.15) is 8.78 Å². The maximum Gasteiger partial charge on any atom is 0.374 e. The number of carbonyl (C=O) groups excluding carboxylic acids is 2. The zero-order valence-corrected chi connectivity index (χ0v) is 9.19. The van der Waals surface area contributed by atoms with Gasteiger partial charge in [-0.3, -0.25) is 4.79 Å². The third-order valence-corrected chi connectivity index (χ3v) is 4.37. The summed E-state index contributed by atoms with van der Waals surface area (Å²) in [6.07, 6.45) is -2.55. The third kappa shape index (κ3) is 1.26. The van der Waals surface area contributed by atoms with E-state index in [0.717, 1.165) is 0 Å². The standard InChI is InChI=1S/C11H12F2O4/c1-11-6-3-4(2-5(6)9(14)17-11)7(11)16-10(15)8(12)13/h4-8H,2-3H2,1H3. The lowest BCUT2D eigenvalue weighted by molar-refractivity contribution is -0.183. The van der Waals surface area contributed by atoms with Crippen molar-refractivity contribution >= 4 is 11.9 Å². The Labute approximate surface area is 96.3 Å². The number of halogens is 2. The summed E-state index contributed by atoms with van der Waals surface area (Å²) >= 11 is 0. The van der Waals surface area contributed by atoms with Gasteiger partial charge < -0.3 is 9.47 Å². The zero-order valence-electron chi connectivity index (χ0n) is 9.19. The highest BCUT2D eigenvalue weighted by atomic mass is 19.3. The van der Waals surface area contributed by atoms with Gasteiger partial charge in [0, 0.05) is 11.8 Å². The van der Waals surface area contributed by atoms with Crippen LogP contribution in [-0.2, 0) is 19.1 Å². The lowest BCUT2D eigenvalue weighted by Crippen LogP contribution is -2.47. The monoisotopic (exact) mass is 246 g/mol. The average molecular weight is 246 g/mol. The Hall–Kier alpha value is -1.20. The van der Waals surface area contributed by atoms with Crippen molar-refractivity contribution in [2.24, 2.45) is 17.8 Å². The first-order valence-electron chi connectivity index (χ1n) is 5.65. The first-order valence-corrected chi connectivity index (χ1v) is 5.65. The molecule has 1 saturated heterocycles. The molecule has 5 atom stereocenters. The Bertz CT molecular complexity index is 397. The number of hydrogen-bond donors (Lipinski definition) is 0. The fourth-order valence-electron chi connectivity index (χ4n) is 3.71. The van der Waals surface area contributed by atoms with E-state index >= 15 is 0 Å². The second kappa shape index (κ2) is 3.17. The predicted octanol–water partition coefficient (Wildman–Crippen LogP) is 1.13. The van der Waals surface area contributed by atoms with Gasteiger partial charge in [-0.05, 0) is 19.8 Å². The van der Waals surface area contributed by atoms with Gasteiger partial charge in [-0.1, -0.05) is 0 Å². The molecule has 1 heterocycles. The molecule has 4 nitrogen and oxygen atoms in total. The molecule has 0 aromatic heterocycles. The van der Waals surface area contributed by atoms with E-state index < -0.39 is 24.1 Å². The summed E-state index contributed by atoms with van der Waals surface area (Å²) < 4.78 is 34.5. The number of ether oxygens (including phenoxy) is 2. The second-order valence-electron chi connectivity index (χ2n) is 5.21. The topological polar surface area (TPSA) is 52.6 Å². The first kappa shape index (κ1) is 10.9. The molecule has 0 spiro atoms. The van der Waals surface area contributed by atoms with Gasteiger partial charge >= 0.3 is 18.4 Å². The number of esters is 2. The number of rotatable bonds is 2. The molecule has 3 aliphatic rings. The fourth-order valence-corrected chi connectivity index (χ4v) is 3.71. The van der Waals surface area contributed by atoms with E-state index in [1.54, 1.807) is 6.92 Å². The van der Waals surface area contributed by atoms with Crippen LogP contribution in [0.4, 0.5) is 8.78 Å². The van der Waals surface area contributed by atoms with Crippen molar-refractivity contribution in [1.82, 2.24) is 0 Å². The van der Waals surface area contributed by atoms with Crippen LogP contribution in [0, 0.1) is 17.8 Å². The number of carbonyl (C=O) groups is 2. The van der Waals surface area contributed by atoms with Gasteiger partial charge in [0.25, 0.3) is 0 Å². The van der Waals surface area contributed by atoms with E-state index in [1.807, 2.05) is 0 Å². The molecule has 17 heavy (non-hydrogen) atoms. The van der Waals surface area contributed by atoms with Crippen LogP contribution in [0.5, 0.6) is 0 Å². The van der Waals surface area contributed by atoms with Crippen LogP contribution in [0.2, 0.25) is 0 Å². The minimum absolute atomic E-state index is 0.00970. The Morgan fingerprint density at radius 1 is 1.53 bits per heavy atom. The zero-order chi connectivity index (χ0) is 12.4. The van der Waals surface area contributed by atoms with Crippen LogP contribution in [0.1, 0.15) is 19.8 Å². The summed E-state index contributed by atoms with van der Waals surface area (Å²) in [5.74, 6) is -1.95. The molecule has 3 rings (SSSR count). The molecular formula is C11H12F2O4. The van der Waals surface area contributed by atoms with E-state index in [0.29, 0.717) is 12.8 Å². The lowest BCUT2D eigenvalue weighted by atomic mass is 9.79. The van der Waals surface area contributed by atoms with E-state index in [1.165, 1.54) is 0 Å². The van der Waals surface area contributed by atoms with Crippen molar-refractivity contribution < 1.29 is 27.8 Å². The van der Waals surface area contributed by atoms with Crippen LogP contribution in [-0.4, -0.2) is 30.1 Å². The molecule has 0 amide bonds. The van der Waals surface area contributed by atoms with Crippen LogP contribution in [0.3, 0.4) is 0 Å². The molecule has 3 fully saturated rings. The predicted molar refractivity (Wildman–Crippen MR) is 50.1 cm³/mol. The Morgan fingerprint density at radius 3 is 2.88 bits per heavy atom. The Morgan fingerprint density at radius 2 is 2.24 bits per heavy atom. The minimum Gasteiger partial charge on any atom is -0.455 e. The Balaban J connectivity index is 1.84. The van der Waals surface area contributed by atoms with Crippen molar-refractivity contribution in [2.75, 3.05) is 0 Å². The quantitative estimate of drug-likeness (QED) is 0.685. The van der Waals surface area contributed by atoms with Gasteiger partial charge in [0.05, 0.1) is 5.92 Å². The summed E-state index contributed by atoms with van der Waals surface area (Å²) in [5.41, 5.74) is -0.894. The SMILES string of the molecule is CC12OC(=O)C3CC(CC31)C2OC(=O)C(F)F. The van der Waals surface area contributed by atoms with Crippen LogP contribution < -0.4 is 0 Å². The largest absolute Gasteiger partial charge is 0.455 e. The van der Waals surface area contributed by atoms with Gasteiger partial charge in [0.2, 0.25) is 0 Å². The molecule has 1 aliphatic heterocycles. The van der Waals surface area contributed by atoms with Gasteiger partial charge in [0.15, 0.2) is 0 Å². The molecule has 2 aliphatic carbocycles. The second-order valence-corrected chi connectivity index (χ2v) is 5.21. The van der Waals surface area contributed by atoms with Crippen LogP contribution in [0.15, 0.2) is 0 Å². The highest BCUT2D eigenvalue weighted by molar-refractivity contribution is 5.78. The summed E-state index contributed by atoms with van der Waals surface area (Å²) in [6, 6.07) is 0. The molecular weight excluding hydrogens is 234 g/mol. The molecule has 94 valence electrons. The van der Waals surface area contributed by atoms with E-state index in [4.69, 9.17) is 9.47 Å². The Kier molecular flexibility index (Phi) is 2.04. The first-order chi connectivity index (χ1) is 7.93. The van der Waals surface area contributed by atoms with Crippen molar-refractivity contribution in [2.45, 2.75) is 37.9 Å². The van der Waals surface area contributed by atoms with Crippen LogP contribution in [0.25, 0.3) is 0 Å². The summed E-state index contributed by atoms with van der Waals surface area (Å²) in [4.78, 5) is 22.5. The molecule has 6 heteroatoms. The number of fused-ring (bicyclic) bond motifs is 1. The third-order valence-electron chi connectivity index (χ3n) is 4.37. The van der Waals surface area contributed by atoms with E-state index in [-0.39, 0.29) is 23.7 Å². The fraction of sp³-hybridized carbons (Fsp3) is 0.818. The lowest BCUT2D eigenvalue weighted by Gasteiger charge is -2.34. The summed E-state index contributed by atoms with van der Waals surface area (Å²) in [5, 5.41) is 0. The van der Waals surface area contributed by atoms with E-state index in [2.05, 4.69) is 0 Å². The minimum atomic E-state index is -3.13. The molecule has 2 bridgehead atoms. The number of hydrogen-bond acceptors (Lipinski definition) is 4. The van der Waals surface area contributed by atoms with E-state index in [9.17, 15) is 18.4 Å². The van der Waals surface area contributed by atoms with Gasteiger partial charge in [-0.25, -0.2) is 4.79 Å². The normalized spacial score (nSPS) is 46.5. The smallest absolute Gasteiger partial charge is 0.374 e. The molecule has 2 saturated carbocycles. The molecule has 5 unspecified atom stereocenters. The number of alkyl halides is 2. The van der Waals surface area contributed by atoms with Crippen LogP contribution >= 0.6 is 0 Å². The summed E-state index contributed by atoms with van der Waals surface area (Å²) in [6.45, 7) is 1.68. The molecule has 0 N–H and O–H groups in total. The van der Waals surface area contributed by atoms with Crippen molar-refractivity contribution in [1.29, 1.82) is 0 Å².